The van der Waals surface area contributed by atoms with Gasteiger partial charge in [0.05, 0.1) is 62.7 Å². The fourth-order valence-electron chi connectivity index (χ4n) is 4.90. The van der Waals surface area contributed by atoms with Crippen LogP contribution in [0, 0.1) is 56.7 Å². The summed E-state index contributed by atoms with van der Waals surface area (Å²) in [6.07, 6.45) is -14.6. The van der Waals surface area contributed by atoms with Crippen molar-refractivity contribution in [2.75, 3.05) is 0 Å². The Bertz CT molecular complexity index is 2050. The number of nitrogens with zero attached hydrogens (tertiary/aromatic N) is 5. The van der Waals surface area contributed by atoms with E-state index in [1.165, 1.54) is 6.92 Å². The van der Waals surface area contributed by atoms with Crippen LogP contribution in [0.2, 0.25) is 0 Å². The van der Waals surface area contributed by atoms with Gasteiger partial charge in [0, 0.05) is 22.3 Å². The second-order valence-electron chi connectivity index (χ2n) is 9.83. The predicted molar refractivity (Wildman–Crippen MR) is 146 cm³/mol. The van der Waals surface area contributed by atoms with E-state index in [-0.39, 0.29) is 39.0 Å². The predicted octanol–water partition coefficient (Wildman–Crippen LogP) is 9.10. The van der Waals surface area contributed by atoms with Crippen LogP contribution < -0.4 is 0 Å². The number of alkyl halides is 9. The quantitative estimate of drug-likeness (QED) is 0.207. The second kappa shape index (κ2) is 11.9. The molecular weight excluding hydrogens is 637 g/mol. The fraction of sp³-hybridized carbons (Fsp3) is 0.121. The van der Waals surface area contributed by atoms with E-state index < -0.39 is 63.1 Å². The second-order valence-corrected chi connectivity index (χ2v) is 9.83. The Hall–Kier alpha value is -6.30. The molecule has 3 aromatic rings. The van der Waals surface area contributed by atoms with Crippen LogP contribution in [0.5, 0.6) is 0 Å². The largest absolute Gasteiger partial charge is 0.416 e. The Morgan fingerprint density at radius 2 is 0.766 bits per heavy atom. The Kier molecular flexibility index (Phi) is 8.50. The average molecular weight is 649 g/mol. The first-order chi connectivity index (χ1) is 21.9. The van der Waals surface area contributed by atoms with Crippen molar-refractivity contribution in [3.8, 4) is 30.3 Å². The standard InChI is InChI=1S/C33H12F9N5/c1-16(23-5-2-20(31(34,35)36)8-17(23)11-43)28-29(26(14-46)24-6-3-21(32(37,38)39)9-18(24)12-44)30(28)27(15-47)25-7-4-22(33(40,41)42)10-19(25)13-45/h2-10H,1H3/b28-16-,29-26?,30-27-. The average Bonchev–Trinajstić information content (AvgIpc) is 3.74. The summed E-state index contributed by atoms with van der Waals surface area (Å²) in [5.74, 6) is 0. The molecule has 0 spiro atoms. The molecule has 232 valence electrons. The number of hydrogen-bond donors (Lipinski definition) is 0. The van der Waals surface area contributed by atoms with Crippen molar-refractivity contribution in [3.05, 3.63) is 121 Å². The van der Waals surface area contributed by atoms with Crippen LogP contribution in [-0.4, -0.2) is 0 Å². The van der Waals surface area contributed by atoms with Gasteiger partial charge in [-0.2, -0.15) is 65.8 Å². The minimum absolute atomic E-state index is 0.0108. The monoisotopic (exact) mass is 649 g/mol. The lowest BCUT2D eigenvalue weighted by Crippen LogP contribution is -2.06. The zero-order chi connectivity index (χ0) is 35.1. The van der Waals surface area contributed by atoms with E-state index in [2.05, 4.69) is 0 Å². The van der Waals surface area contributed by atoms with Crippen molar-refractivity contribution < 1.29 is 39.5 Å². The van der Waals surface area contributed by atoms with Gasteiger partial charge < -0.3 is 0 Å². The van der Waals surface area contributed by atoms with Gasteiger partial charge in [0.25, 0.3) is 0 Å². The van der Waals surface area contributed by atoms with E-state index in [1.807, 2.05) is 0 Å². The van der Waals surface area contributed by atoms with Crippen molar-refractivity contribution in [3.63, 3.8) is 0 Å². The summed E-state index contributed by atoms with van der Waals surface area (Å²) in [5, 5.41) is 49.3. The molecule has 5 nitrogen and oxygen atoms in total. The lowest BCUT2D eigenvalue weighted by molar-refractivity contribution is -0.138. The molecule has 0 radical (unpaired) electrons. The van der Waals surface area contributed by atoms with Crippen LogP contribution >= 0.6 is 0 Å². The number of halogens is 9. The molecule has 0 amide bonds. The lowest BCUT2D eigenvalue weighted by Gasteiger charge is -2.10. The zero-order valence-electron chi connectivity index (χ0n) is 23.3. The summed E-state index contributed by atoms with van der Waals surface area (Å²) in [7, 11) is 0. The molecule has 0 saturated heterocycles. The molecule has 0 aromatic heterocycles. The molecular formula is C33H12F9N5. The fourth-order valence-corrected chi connectivity index (χ4v) is 4.90. The number of benzene rings is 3. The Labute approximate surface area is 259 Å². The van der Waals surface area contributed by atoms with Crippen LogP contribution in [0.3, 0.4) is 0 Å². The van der Waals surface area contributed by atoms with Crippen molar-refractivity contribution in [1.29, 1.82) is 26.3 Å². The molecule has 0 unspecified atom stereocenters. The van der Waals surface area contributed by atoms with E-state index in [4.69, 9.17) is 0 Å². The maximum atomic E-state index is 13.4. The summed E-state index contributed by atoms with van der Waals surface area (Å²) < 4.78 is 120. The number of nitriles is 5. The lowest BCUT2D eigenvalue weighted by atomic mass is 9.96. The highest BCUT2D eigenvalue weighted by molar-refractivity contribution is 6.11. The molecule has 1 aliphatic carbocycles. The molecule has 1 saturated carbocycles. The van der Waals surface area contributed by atoms with E-state index in [1.54, 1.807) is 30.3 Å². The first kappa shape index (κ1) is 33.6. The van der Waals surface area contributed by atoms with E-state index in [0.29, 0.717) is 36.4 Å². The molecule has 1 aliphatic rings. The summed E-state index contributed by atoms with van der Waals surface area (Å²) in [4.78, 5) is 0. The molecule has 0 bridgehead atoms. The van der Waals surface area contributed by atoms with Gasteiger partial charge >= 0.3 is 18.5 Å². The first-order valence-corrected chi connectivity index (χ1v) is 12.8. The number of allylic oxidation sites excluding steroid dienone is 6. The van der Waals surface area contributed by atoms with Crippen LogP contribution in [0.15, 0.2) is 71.3 Å². The van der Waals surface area contributed by atoms with Gasteiger partial charge in [0.2, 0.25) is 0 Å². The topological polar surface area (TPSA) is 119 Å². The highest BCUT2D eigenvalue weighted by Crippen LogP contribution is 2.56. The van der Waals surface area contributed by atoms with Gasteiger partial charge in [-0.3, -0.25) is 0 Å². The maximum absolute atomic E-state index is 13.4. The molecule has 3 aromatic carbocycles. The van der Waals surface area contributed by atoms with Gasteiger partial charge in [0.1, 0.15) is 12.1 Å². The molecule has 0 atom stereocenters. The minimum atomic E-state index is -4.86. The van der Waals surface area contributed by atoms with Gasteiger partial charge in [-0.15, -0.1) is 0 Å². The van der Waals surface area contributed by atoms with E-state index >= 15 is 0 Å². The maximum Gasteiger partial charge on any atom is 0.416 e. The summed E-state index contributed by atoms with van der Waals surface area (Å²) in [6.45, 7) is 1.31. The van der Waals surface area contributed by atoms with Crippen molar-refractivity contribution in [2.45, 2.75) is 25.5 Å². The van der Waals surface area contributed by atoms with Crippen LogP contribution in [0.1, 0.15) is 57.0 Å². The van der Waals surface area contributed by atoms with E-state index in [0.717, 1.165) is 18.2 Å². The molecule has 0 N–H and O–H groups in total. The molecule has 4 rings (SSSR count). The van der Waals surface area contributed by atoms with Gasteiger partial charge in [-0.1, -0.05) is 18.2 Å². The SMILES string of the molecule is C/C(=C1\C(=C(C#N)c2ccc(C(F)(F)F)cc2C#N)\C1=C(\C#N)c1ccc(C(F)(F)F)cc1C#N)c1ccc(C(F)(F)F)cc1C#N. The molecule has 47 heavy (non-hydrogen) atoms. The Morgan fingerprint density at radius 1 is 0.468 bits per heavy atom. The third-order valence-electron chi connectivity index (χ3n) is 7.13. The summed E-state index contributed by atoms with van der Waals surface area (Å²) in [6, 6.07) is 14.3. The third kappa shape index (κ3) is 6.29. The van der Waals surface area contributed by atoms with Crippen molar-refractivity contribution >= 4 is 16.7 Å². The number of rotatable bonds is 3. The third-order valence-corrected chi connectivity index (χ3v) is 7.13. The smallest absolute Gasteiger partial charge is 0.192 e. The molecule has 0 heterocycles. The summed E-state index contributed by atoms with van der Waals surface area (Å²) in [5.41, 5.74) is -7.35. The van der Waals surface area contributed by atoms with Crippen molar-refractivity contribution in [2.24, 2.45) is 0 Å². The van der Waals surface area contributed by atoms with Gasteiger partial charge in [-0.05, 0) is 60.0 Å². The van der Waals surface area contributed by atoms with Gasteiger partial charge in [0.15, 0.2) is 0 Å². The molecule has 14 heteroatoms. The molecule has 0 aliphatic heterocycles. The van der Waals surface area contributed by atoms with Gasteiger partial charge in [-0.25, -0.2) is 0 Å². The Morgan fingerprint density at radius 3 is 1.04 bits per heavy atom. The zero-order valence-corrected chi connectivity index (χ0v) is 23.3. The summed E-state index contributed by atoms with van der Waals surface area (Å²) >= 11 is 0. The van der Waals surface area contributed by atoms with Crippen molar-refractivity contribution in [1.82, 2.24) is 0 Å². The minimum Gasteiger partial charge on any atom is -0.192 e. The first-order valence-electron chi connectivity index (χ1n) is 12.8. The highest BCUT2D eigenvalue weighted by atomic mass is 19.4. The Balaban J connectivity index is 2.15. The van der Waals surface area contributed by atoms with Crippen LogP contribution in [-0.2, 0) is 18.5 Å². The number of hydrogen-bond acceptors (Lipinski definition) is 5. The highest BCUT2D eigenvalue weighted by Gasteiger charge is 2.42. The van der Waals surface area contributed by atoms with Crippen LogP contribution in [0.25, 0.3) is 16.7 Å². The van der Waals surface area contributed by atoms with Crippen LogP contribution in [0.4, 0.5) is 39.5 Å². The normalized spacial score (nSPS) is 16.1. The van der Waals surface area contributed by atoms with E-state index in [9.17, 15) is 65.8 Å². The molecule has 1 fully saturated rings.